The van der Waals surface area contributed by atoms with E-state index in [4.69, 9.17) is 0 Å². The molecule has 0 radical (unpaired) electrons. The molecule has 2 aliphatic heterocycles. The predicted molar refractivity (Wildman–Crippen MR) is 93.5 cm³/mol. The molecule has 2 N–H and O–H groups in total. The molecule has 2 unspecified atom stereocenters. The zero-order valence-electron chi connectivity index (χ0n) is 12.4. The number of likely N-dealkylation sites (tertiary alicyclic amines) is 1. The first kappa shape index (κ1) is 15.2. The maximum absolute atomic E-state index is 12.2. The van der Waals surface area contributed by atoms with Gasteiger partial charge in [0.15, 0.2) is 0 Å². The molecule has 2 saturated heterocycles. The first-order chi connectivity index (χ1) is 10.1. The van der Waals surface area contributed by atoms with Crippen molar-refractivity contribution in [2.24, 2.45) is 5.92 Å². The molecule has 1 amide bonds. The quantitative estimate of drug-likeness (QED) is 0.767. The van der Waals surface area contributed by atoms with Gasteiger partial charge < -0.3 is 10.6 Å². The van der Waals surface area contributed by atoms with Gasteiger partial charge in [0.1, 0.15) is 0 Å². The first-order valence-electron chi connectivity index (χ1n) is 7.63. The molecule has 2 heterocycles. The summed E-state index contributed by atoms with van der Waals surface area (Å²) in [5, 5.41) is 6.60. The molecule has 2 fully saturated rings. The van der Waals surface area contributed by atoms with Crippen LogP contribution in [0.4, 0.5) is 5.69 Å². The van der Waals surface area contributed by atoms with Crippen LogP contribution in [0.3, 0.4) is 0 Å². The van der Waals surface area contributed by atoms with E-state index >= 15 is 0 Å². The molecular formula is C16H22IN3O. The van der Waals surface area contributed by atoms with Crippen LogP contribution in [0.5, 0.6) is 0 Å². The smallest absolute Gasteiger partial charge is 0.238 e. The monoisotopic (exact) mass is 399 g/mol. The molecule has 5 heteroatoms. The van der Waals surface area contributed by atoms with Crippen LogP contribution < -0.4 is 10.6 Å². The van der Waals surface area contributed by atoms with E-state index in [2.05, 4.69) is 44.2 Å². The fourth-order valence-corrected chi connectivity index (χ4v) is 4.07. The molecule has 2 aliphatic rings. The van der Waals surface area contributed by atoms with E-state index in [-0.39, 0.29) is 5.91 Å². The third kappa shape index (κ3) is 3.76. The number of fused-ring (bicyclic) bond motifs is 1. The molecule has 3 rings (SSSR count). The Hall–Kier alpha value is -0.660. The lowest BCUT2D eigenvalue weighted by molar-refractivity contribution is -0.117. The largest absolute Gasteiger partial charge is 0.325 e. The van der Waals surface area contributed by atoms with Crippen LogP contribution in [0.15, 0.2) is 18.2 Å². The average Bonchev–Trinajstić information content (AvgIpc) is 2.89. The Morgan fingerprint density at radius 3 is 3.14 bits per heavy atom. The van der Waals surface area contributed by atoms with Gasteiger partial charge in [0.25, 0.3) is 0 Å². The molecular weight excluding hydrogens is 377 g/mol. The van der Waals surface area contributed by atoms with Gasteiger partial charge in [0.2, 0.25) is 5.91 Å². The highest BCUT2D eigenvalue weighted by Crippen LogP contribution is 2.24. The van der Waals surface area contributed by atoms with E-state index in [9.17, 15) is 4.79 Å². The summed E-state index contributed by atoms with van der Waals surface area (Å²) in [5.41, 5.74) is 2.05. The Morgan fingerprint density at radius 1 is 1.48 bits per heavy atom. The molecule has 4 nitrogen and oxygen atoms in total. The minimum absolute atomic E-state index is 0.101. The number of halogens is 1. The standard InChI is InChI=1S/C16H22IN3O/c1-11-8-13(17)2-3-14(11)19-16(21)10-20-7-5-15-12(9-20)4-6-18-15/h2-3,8,12,15,18H,4-7,9-10H2,1H3,(H,19,21). The molecule has 0 spiro atoms. The number of piperidine rings is 1. The Labute approximate surface area is 139 Å². The normalized spacial score (nSPS) is 25.6. The number of benzene rings is 1. The molecule has 0 bridgehead atoms. The number of nitrogens with one attached hydrogen (secondary N) is 2. The van der Waals surface area contributed by atoms with E-state index in [1.54, 1.807) is 0 Å². The van der Waals surface area contributed by atoms with Gasteiger partial charge in [0, 0.05) is 28.4 Å². The number of amides is 1. The number of hydrogen-bond donors (Lipinski definition) is 2. The number of aryl methyl sites for hydroxylation is 1. The van der Waals surface area contributed by atoms with Crippen molar-refractivity contribution in [3.05, 3.63) is 27.3 Å². The van der Waals surface area contributed by atoms with Gasteiger partial charge in [-0.3, -0.25) is 9.69 Å². The van der Waals surface area contributed by atoms with Crippen LogP contribution in [-0.4, -0.2) is 43.0 Å². The van der Waals surface area contributed by atoms with Crippen molar-refractivity contribution in [2.45, 2.75) is 25.8 Å². The third-order valence-electron chi connectivity index (χ3n) is 4.57. The minimum atomic E-state index is 0.101. The molecule has 1 aromatic carbocycles. The van der Waals surface area contributed by atoms with Gasteiger partial charge >= 0.3 is 0 Å². The number of anilines is 1. The van der Waals surface area contributed by atoms with Gasteiger partial charge in [-0.15, -0.1) is 0 Å². The van der Waals surface area contributed by atoms with Gasteiger partial charge in [-0.25, -0.2) is 0 Å². The van der Waals surface area contributed by atoms with Crippen molar-refractivity contribution in [1.29, 1.82) is 0 Å². The SMILES string of the molecule is Cc1cc(I)ccc1NC(=O)CN1CCC2NCCC2C1. The fraction of sp³-hybridized carbons (Fsp3) is 0.562. The Morgan fingerprint density at radius 2 is 2.33 bits per heavy atom. The summed E-state index contributed by atoms with van der Waals surface area (Å²) in [6.45, 7) is 5.75. The van der Waals surface area contributed by atoms with Crippen molar-refractivity contribution in [3.63, 3.8) is 0 Å². The third-order valence-corrected chi connectivity index (χ3v) is 5.24. The van der Waals surface area contributed by atoms with Gasteiger partial charge in [0.05, 0.1) is 6.54 Å². The van der Waals surface area contributed by atoms with Crippen LogP contribution in [0.25, 0.3) is 0 Å². The lowest BCUT2D eigenvalue weighted by atomic mass is 9.93. The van der Waals surface area contributed by atoms with Gasteiger partial charge in [-0.1, -0.05) is 0 Å². The highest BCUT2D eigenvalue weighted by molar-refractivity contribution is 14.1. The highest BCUT2D eigenvalue weighted by atomic mass is 127. The number of rotatable bonds is 3. The van der Waals surface area contributed by atoms with Crippen molar-refractivity contribution < 1.29 is 4.79 Å². The number of carbonyl (C=O) groups is 1. The molecule has 114 valence electrons. The summed E-state index contributed by atoms with van der Waals surface area (Å²) in [6.07, 6.45) is 2.42. The minimum Gasteiger partial charge on any atom is -0.325 e. The van der Waals surface area contributed by atoms with Crippen molar-refractivity contribution in [3.8, 4) is 0 Å². The van der Waals surface area contributed by atoms with E-state index in [1.807, 2.05) is 19.1 Å². The molecule has 0 aliphatic carbocycles. The second-order valence-corrected chi connectivity index (χ2v) is 7.39. The number of hydrogen-bond acceptors (Lipinski definition) is 3. The van der Waals surface area contributed by atoms with Crippen LogP contribution >= 0.6 is 22.6 Å². The summed E-state index contributed by atoms with van der Waals surface area (Å²) in [5.74, 6) is 0.829. The second kappa shape index (κ2) is 6.62. The van der Waals surface area contributed by atoms with Gasteiger partial charge in [-0.2, -0.15) is 0 Å². The summed E-state index contributed by atoms with van der Waals surface area (Å²) < 4.78 is 1.19. The lowest BCUT2D eigenvalue weighted by Gasteiger charge is -2.34. The second-order valence-electron chi connectivity index (χ2n) is 6.14. The molecule has 1 aromatic rings. The van der Waals surface area contributed by atoms with E-state index in [0.29, 0.717) is 12.6 Å². The number of nitrogens with zero attached hydrogens (tertiary/aromatic N) is 1. The molecule has 21 heavy (non-hydrogen) atoms. The Balaban J connectivity index is 1.54. The predicted octanol–water partition coefficient (Wildman–Crippen LogP) is 2.22. The summed E-state index contributed by atoms with van der Waals surface area (Å²) in [4.78, 5) is 14.5. The summed E-state index contributed by atoms with van der Waals surface area (Å²) >= 11 is 2.29. The van der Waals surface area contributed by atoms with E-state index < -0.39 is 0 Å². The lowest BCUT2D eigenvalue weighted by Crippen LogP contribution is -2.46. The van der Waals surface area contributed by atoms with Crippen molar-refractivity contribution in [2.75, 3.05) is 31.5 Å². The van der Waals surface area contributed by atoms with Crippen LogP contribution in [0.2, 0.25) is 0 Å². The summed E-state index contributed by atoms with van der Waals surface area (Å²) in [7, 11) is 0. The maximum atomic E-state index is 12.2. The Bertz CT molecular complexity index is 534. The maximum Gasteiger partial charge on any atom is 0.238 e. The van der Waals surface area contributed by atoms with E-state index in [1.165, 1.54) is 16.4 Å². The average molecular weight is 399 g/mol. The number of carbonyl (C=O) groups excluding carboxylic acids is 1. The Kier molecular flexibility index (Phi) is 4.81. The zero-order valence-corrected chi connectivity index (χ0v) is 14.5. The topological polar surface area (TPSA) is 44.4 Å². The van der Waals surface area contributed by atoms with Crippen molar-refractivity contribution in [1.82, 2.24) is 10.2 Å². The van der Waals surface area contributed by atoms with Crippen LogP contribution in [0.1, 0.15) is 18.4 Å². The van der Waals surface area contributed by atoms with E-state index in [0.717, 1.165) is 36.8 Å². The fourth-order valence-electron chi connectivity index (χ4n) is 3.43. The van der Waals surface area contributed by atoms with Gasteiger partial charge in [-0.05, 0) is 78.6 Å². The molecule has 0 aromatic heterocycles. The zero-order chi connectivity index (χ0) is 14.8. The van der Waals surface area contributed by atoms with Crippen LogP contribution in [0, 0.1) is 16.4 Å². The highest BCUT2D eigenvalue weighted by Gasteiger charge is 2.32. The van der Waals surface area contributed by atoms with Crippen LogP contribution in [-0.2, 0) is 4.79 Å². The van der Waals surface area contributed by atoms with Crippen molar-refractivity contribution >= 4 is 34.2 Å². The first-order valence-corrected chi connectivity index (χ1v) is 8.71. The summed E-state index contributed by atoms with van der Waals surface area (Å²) in [6, 6.07) is 6.79. The molecule has 0 saturated carbocycles. The molecule has 2 atom stereocenters.